The zero-order valence-corrected chi connectivity index (χ0v) is 22.0. The first-order chi connectivity index (χ1) is 18.5. The van der Waals surface area contributed by atoms with Crippen LogP contribution in [-0.4, -0.2) is 64.2 Å². The Morgan fingerprint density at radius 2 is 1.87 bits per heavy atom. The second-order valence-electron chi connectivity index (χ2n) is 10.4. The molecular weight excluding hydrogens is 478 g/mol. The minimum absolute atomic E-state index is 0.0221. The average Bonchev–Trinajstić information content (AvgIpc) is 3.47. The number of piperazine rings is 1. The molecule has 1 amide bonds. The van der Waals surface area contributed by atoms with Crippen molar-refractivity contribution in [3.8, 4) is 0 Å². The molecule has 10 heteroatoms. The van der Waals surface area contributed by atoms with Crippen LogP contribution in [-0.2, 0) is 4.79 Å². The van der Waals surface area contributed by atoms with Crippen molar-refractivity contribution in [1.82, 2.24) is 25.1 Å². The standard InChI is InChI=1S/C28H33N9O/c1-17(2)28(38)31-20-12-19(13-29-14-20)18-4-6-21-22(7-5-18)34-35-25(21)27-32-23-15-30-16-24(26(23)33-27)37-10-8-36(3)9-11-37/h5-7,12-17,27,32-34H,4,8-11H2,1-3H3,(H,31,38). The van der Waals surface area contributed by atoms with Crippen LogP contribution in [0.5, 0.6) is 0 Å². The Bertz CT molecular complexity index is 1520. The lowest BCUT2D eigenvalue weighted by Gasteiger charge is -2.34. The molecule has 4 N–H and O–H groups in total. The number of anilines is 4. The number of nitrogens with one attached hydrogen (secondary N) is 4. The lowest BCUT2D eigenvalue weighted by molar-refractivity contribution is -0.118. The van der Waals surface area contributed by atoms with E-state index in [1.54, 1.807) is 6.20 Å². The van der Waals surface area contributed by atoms with Gasteiger partial charge in [0, 0.05) is 43.5 Å². The molecule has 0 saturated carbocycles. The zero-order valence-electron chi connectivity index (χ0n) is 22.0. The molecule has 6 rings (SSSR count). The minimum Gasteiger partial charge on any atom is -0.366 e. The molecule has 5 heterocycles. The quantitative estimate of drug-likeness (QED) is 0.412. The SMILES string of the molecule is CC(C)C(=O)Nc1cncc(C2=CC=c3[nH]nc(C4Nc5cncc(N6CCN(C)CC6)c5N4)c3=CC2)c1. The lowest BCUT2D eigenvalue weighted by atomic mass is 10.0. The Labute approximate surface area is 221 Å². The first kappa shape index (κ1) is 24.2. The van der Waals surface area contributed by atoms with E-state index in [2.05, 4.69) is 71.2 Å². The Balaban J connectivity index is 1.23. The van der Waals surface area contributed by atoms with Crippen molar-refractivity contribution in [2.45, 2.75) is 26.4 Å². The number of likely N-dealkylation sites (N-methyl/N-ethyl adjacent to an activating group) is 1. The molecule has 1 aliphatic carbocycles. The van der Waals surface area contributed by atoms with Gasteiger partial charge in [-0.05, 0) is 36.7 Å². The highest BCUT2D eigenvalue weighted by Gasteiger charge is 2.29. The number of aromatic amines is 1. The number of rotatable bonds is 5. The number of carbonyl (C=O) groups excluding carboxylic acids is 1. The molecule has 196 valence electrons. The van der Waals surface area contributed by atoms with Crippen LogP contribution in [0.3, 0.4) is 0 Å². The van der Waals surface area contributed by atoms with Crippen molar-refractivity contribution in [3.05, 3.63) is 58.8 Å². The molecule has 0 aromatic carbocycles. The van der Waals surface area contributed by atoms with Crippen LogP contribution in [0.15, 0.2) is 36.9 Å². The van der Waals surface area contributed by atoms with Gasteiger partial charge in [-0.3, -0.25) is 19.9 Å². The first-order valence-electron chi connectivity index (χ1n) is 13.1. The van der Waals surface area contributed by atoms with Crippen molar-refractivity contribution in [2.75, 3.05) is 54.1 Å². The molecule has 3 aliphatic rings. The van der Waals surface area contributed by atoms with Crippen LogP contribution < -0.4 is 31.4 Å². The maximum atomic E-state index is 12.1. The maximum absolute atomic E-state index is 12.1. The van der Waals surface area contributed by atoms with Gasteiger partial charge in [-0.2, -0.15) is 5.10 Å². The molecule has 0 bridgehead atoms. The molecule has 0 spiro atoms. The number of nitrogens with zero attached hydrogens (tertiary/aromatic N) is 5. The Morgan fingerprint density at radius 1 is 1.05 bits per heavy atom. The van der Waals surface area contributed by atoms with Crippen LogP contribution in [0.25, 0.3) is 17.7 Å². The van der Waals surface area contributed by atoms with E-state index in [-0.39, 0.29) is 18.0 Å². The van der Waals surface area contributed by atoms with Gasteiger partial charge >= 0.3 is 0 Å². The molecule has 2 aliphatic heterocycles. The number of pyridine rings is 2. The van der Waals surface area contributed by atoms with Crippen LogP contribution in [0.4, 0.5) is 22.7 Å². The van der Waals surface area contributed by atoms with E-state index in [4.69, 9.17) is 0 Å². The summed E-state index contributed by atoms with van der Waals surface area (Å²) in [6.45, 7) is 7.78. The number of H-pyrrole nitrogens is 1. The predicted octanol–water partition coefficient (Wildman–Crippen LogP) is 2.13. The summed E-state index contributed by atoms with van der Waals surface area (Å²) in [5.41, 5.74) is 6.91. The number of aromatic nitrogens is 4. The van der Waals surface area contributed by atoms with Crippen LogP contribution in [0.1, 0.15) is 37.7 Å². The van der Waals surface area contributed by atoms with E-state index in [1.165, 1.54) is 0 Å². The molecule has 38 heavy (non-hydrogen) atoms. The largest absolute Gasteiger partial charge is 0.366 e. The van der Waals surface area contributed by atoms with Gasteiger partial charge < -0.3 is 25.8 Å². The summed E-state index contributed by atoms with van der Waals surface area (Å²) in [6.07, 6.45) is 14.2. The number of amides is 1. The zero-order chi connectivity index (χ0) is 26.2. The highest BCUT2D eigenvalue weighted by Crippen LogP contribution is 2.40. The molecule has 1 saturated heterocycles. The van der Waals surface area contributed by atoms with Crippen molar-refractivity contribution in [2.24, 2.45) is 5.92 Å². The fourth-order valence-corrected chi connectivity index (χ4v) is 5.06. The van der Waals surface area contributed by atoms with Gasteiger partial charge in [0.25, 0.3) is 0 Å². The molecular formula is C28H33N9O. The normalized spacial score (nSPS) is 18.8. The maximum Gasteiger partial charge on any atom is 0.226 e. The van der Waals surface area contributed by atoms with Gasteiger partial charge in [-0.1, -0.05) is 26.0 Å². The van der Waals surface area contributed by atoms with Crippen molar-refractivity contribution >= 4 is 46.4 Å². The summed E-state index contributed by atoms with van der Waals surface area (Å²) < 4.78 is 0. The summed E-state index contributed by atoms with van der Waals surface area (Å²) >= 11 is 0. The number of allylic oxidation sites excluding steroid dienone is 2. The fourth-order valence-electron chi connectivity index (χ4n) is 5.06. The second-order valence-corrected chi connectivity index (χ2v) is 10.4. The molecule has 1 atom stereocenters. The second kappa shape index (κ2) is 9.94. The summed E-state index contributed by atoms with van der Waals surface area (Å²) in [7, 11) is 2.16. The topological polar surface area (TPSA) is 114 Å². The predicted molar refractivity (Wildman–Crippen MR) is 151 cm³/mol. The van der Waals surface area contributed by atoms with Crippen molar-refractivity contribution in [1.29, 1.82) is 0 Å². The average molecular weight is 512 g/mol. The van der Waals surface area contributed by atoms with E-state index >= 15 is 0 Å². The van der Waals surface area contributed by atoms with Gasteiger partial charge in [-0.15, -0.1) is 0 Å². The highest BCUT2D eigenvalue weighted by molar-refractivity contribution is 5.92. The minimum atomic E-state index is -0.164. The first-order valence-corrected chi connectivity index (χ1v) is 13.1. The number of hydrogen-bond donors (Lipinski definition) is 4. The van der Waals surface area contributed by atoms with E-state index in [0.717, 1.165) is 70.6 Å². The molecule has 0 radical (unpaired) electrons. The Morgan fingerprint density at radius 3 is 2.68 bits per heavy atom. The van der Waals surface area contributed by atoms with Crippen molar-refractivity contribution < 1.29 is 4.79 Å². The van der Waals surface area contributed by atoms with E-state index < -0.39 is 0 Å². The Hall–Kier alpha value is -4.18. The highest BCUT2D eigenvalue weighted by atomic mass is 16.1. The molecule has 3 aromatic heterocycles. The van der Waals surface area contributed by atoms with Crippen LogP contribution in [0.2, 0.25) is 0 Å². The van der Waals surface area contributed by atoms with E-state index in [9.17, 15) is 4.79 Å². The number of hydrogen-bond acceptors (Lipinski definition) is 8. The summed E-state index contributed by atoms with van der Waals surface area (Å²) in [5, 5.41) is 20.1. The van der Waals surface area contributed by atoms with Gasteiger partial charge in [0.05, 0.1) is 46.7 Å². The molecule has 1 fully saturated rings. The summed E-state index contributed by atoms with van der Waals surface area (Å²) in [4.78, 5) is 25.8. The third-order valence-corrected chi connectivity index (χ3v) is 7.37. The van der Waals surface area contributed by atoms with Gasteiger partial charge in [0.15, 0.2) is 0 Å². The van der Waals surface area contributed by atoms with E-state index in [0.29, 0.717) is 12.1 Å². The van der Waals surface area contributed by atoms with Crippen LogP contribution in [0, 0.1) is 5.92 Å². The summed E-state index contributed by atoms with van der Waals surface area (Å²) in [6, 6.07) is 1.98. The van der Waals surface area contributed by atoms with Crippen molar-refractivity contribution in [3.63, 3.8) is 0 Å². The monoisotopic (exact) mass is 511 g/mol. The number of fused-ring (bicyclic) bond motifs is 2. The third-order valence-electron chi connectivity index (χ3n) is 7.37. The van der Waals surface area contributed by atoms with Crippen LogP contribution >= 0.6 is 0 Å². The molecule has 10 nitrogen and oxygen atoms in total. The smallest absolute Gasteiger partial charge is 0.226 e. The van der Waals surface area contributed by atoms with Gasteiger partial charge in [0.1, 0.15) is 11.9 Å². The third kappa shape index (κ3) is 4.63. The fraction of sp³-hybridized carbons (Fsp3) is 0.357. The van der Waals surface area contributed by atoms with Gasteiger partial charge in [-0.25, -0.2) is 0 Å². The molecule has 1 unspecified atom stereocenters. The molecule has 3 aromatic rings. The Kier molecular flexibility index (Phi) is 6.32. The van der Waals surface area contributed by atoms with E-state index in [1.807, 2.05) is 38.5 Å². The van der Waals surface area contributed by atoms with Gasteiger partial charge in [0.2, 0.25) is 5.91 Å². The lowest BCUT2D eigenvalue weighted by Crippen LogP contribution is -2.44. The summed E-state index contributed by atoms with van der Waals surface area (Å²) in [5.74, 6) is -0.114. The number of carbonyl (C=O) groups is 1.